The molecule has 0 aliphatic carbocycles. The van der Waals surface area contributed by atoms with Crippen LogP contribution in [-0.2, 0) is 16.1 Å². The number of carbonyl (C=O) groups is 1. The van der Waals surface area contributed by atoms with Gasteiger partial charge in [-0.05, 0) is 24.1 Å². The molecule has 3 N–H and O–H groups in total. The van der Waals surface area contributed by atoms with E-state index in [-0.39, 0.29) is 29.9 Å². The molecule has 2 rings (SSSR count). The zero-order chi connectivity index (χ0) is 19.3. The van der Waals surface area contributed by atoms with Gasteiger partial charge in [-0.1, -0.05) is 25.5 Å². The number of rotatable bonds is 9. The molecule has 1 fully saturated rings. The second kappa shape index (κ2) is 14.6. The minimum Gasteiger partial charge on any atom is -0.379 e. The first-order valence-corrected chi connectivity index (χ1v) is 9.84. The lowest BCUT2D eigenvalue weighted by Crippen LogP contribution is -2.38. The molecule has 1 amide bonds. The van der Waals surface area contributed by atoms with Gasteiger partial charge in [0.2, 0.25) is 5.91 Å². The number of unbranched alkanes of at least 4 members (excludes halogenated alkanes) is 1. The number of aliphatic imine (C=N–C) groups is 1. The topological polar surface area (TPSA) is 78.0 Å². The van der Waals surface area contributed by atoms with E-state index in [1.165, 1.54) is 0 Å². The number of hydrogen-bond acceptors (Lipinski definition) is 4. The van der Waals surface area contributed by atoms with Crippen molar-refractivity contribution in [3.8, 4) is 0 Å². The Bertz CT molecular complexity index is 606. The first-order chi connectivity index (χ1) is 13.2. The number of halogens is 1. The van der Waals surface area contributed by atoms with Crippen molar-refractivity contribution in [2.45, 2.75) is 32.7 Å². The highest BCUT2D eigenvalue weighted by Gasteiger charge is 2.12. The summed E-state index contributed by atoms with van der Waals surface area (Å²) in [6, 6.07) is 7.92. The molecule has 1 saturated heterocycles. The number of carbonyl (C=O) groups excluding carboxylic acids is 1. The third kappa shape index (κ3) is 9.70. The van der Waals surface area contributed by atoms with E-state index in [1.54, 1.807) is 7.05 Å². The Morgan fingerprint density at radius 3 is 2.75 bits per heavy atom. The molecule has 0 aromatic heterocycles. The summed E-state index contributed by atoms with van der Waals surface area (Å²) < 4.78 is 5.33. The number of nitrogens with zero attached hydrogens (tertiary/aromatic N) is 2. The minimum atomic E-state index is 0. The van der Waals surface area contributed by atoms with E-state index in [0.717, 1.165) is 69.4 Å². The van der Waals surface area contributed by atoms with Crippen molar-refractivity contribution < 1.29 is 9.53 Å². The number of guanidine groups is 1. The van der Waals surface area contributed by atoms with E-state index in [4.69, 9.17) is 4.74 Å². The van der Waals surface area contributed by atoms with Crippen molar-refractivity contribution >= 4 is 41.5 Å². The summed E-state index contributed by atoms with van der Waals surface area (Å²) in [6.07, 6.45) is 2.76. The van der Waals surface area contributed by atoms with Gasteiger partial charge in [-0.25, -0.2) is 0 Å². The molecule has 0 bridgehead atoms. The Morgan fingerprint density at radius 1 is 1.25 bits per heavy atom. The molecular weight excluding hydrogens is 469 g/mol. The van der Waals surface area contributed by atoms with Gasteiger partial charge in [-0.15, -0.1) is 24.0 Å². The third-order valence-electron chi connectivity index (χ3n) is 4.48. The summed E-state index contributed by atoms with van der Waals surface area (Å²) in [5, 5.41) is 9.59. The lowest BCUT2D eigenvalue weighted by Gasteiger charge is -2.26. The van der Waals surface area contributed by atoms with Gasteiger partial charge in [-0.2, -0.15) is 0 Å². The van der Waals surface area contributed by atoms with Crippen molar-refractivity contribution in [3.63, 3.8) is 0 Å². The molecule has 0 saturated carbocycles. The zero-order valence-electron chi connectivity index (χ0n) is 17.0. The molecule has 1 aliphatic heterocycles. The van der Waals surface area contributed by atoms with Crippen LogP contribution >= 0.6 is 24.0 Å². The number of amides is 1. The van der Waals surface area contributed by atoms with Gasteiger partial charge < -0.3 is 20.7 Å². The van der Waals surface area contributed by atoms with Crippen LogP contribution in [-0.4, -0.2) is 63.2 Å². The molecular formula is C20H34IN5O2. The molecule has 7 nitrogen and oxygen atoms in total. The van der Waals surface area contributed by atoms with Crippen molar-refractivity contribution in [1.29, 1.82) is 0 Å². The summed E-state index contributed by atoms with van der Waals surface area (Å²) >= 11 is 0. The number of ether oxygens (including phenoxy) is 1. The number of morpholine rings is 1. The van der Waals surface area contributed by atoms with Gasteiger partial charge in [-0.3, -0.25) is 14.7 Å². The Morgan fingerprint density at radius 2 is 2.04 bits per heavy atom. The minimum absolute atomic E-state index is 0. The molecule has 28 heavy (non-hydrogen) atoms. The Kier molecular flexibility index (Phi) is 12.8. The van der Waals surface area contributed by atoms with E-state index in [2.05, 4.69) is 32.8 Å². The van der Waals surface area contributed by atoms with Gasteiger partial charge in [0.05, 0.1) is 13.2 Å². The highest BCUT2D eigenvalue weighted by atomic mass is 127. The SMILES string of the molecule is CCCCNC(=NC)NCc1cccc(NC(=O)CCN2CCOCC2)c1.I. The van der Waals surface area contributed by atoms with Crippen molar-refractivity contribution in [1.82, 2.24) is 15.5 Å². The van der Waals surface area contributed by atoms with E-state index >= 15 is 0 Å². The third-order valence-corrected chi connectivity index (χ3v) is 4.48. The van der Waals surface area contributed by atoms with E-state index in [0.29, 0.717) is 13.0 Å². The van der Waals surface area contributed by atoms with Crippen molar-refractivity contribution in [3.05, 3.63) is 29.8 Å². The largest absolute Gasteiger partial charge is 0.379 e. The van der Waals surface area contributed by atoms with Gasteiger partial charge >= 0.3 is 0 Å². The van der Waals surface area contributed by atoms with Crippen LogP contribution in [0.15, 0.2) is 29.3 Å². The molecule has 0 atom stereocenters. The fourth-order valence-corrected chi connectivity index (χ4v) is 2.86. The maximum atomic E-state index is 12.2. The standard InChI is InChI=1S/C20H33N5O2.HI/c1-3-4-9-22-20(21-2)23-16-17-6-5-7-18(15-17)24-19(26)8-10-25-11-13-27-14-12-25;/h5-7,15H,3-4,8-14,16H2,1-2H3,(H,24,26)(H2,21,22,23);1H. The van der Waals surface area contributed by atoms with E-state index < -0.39 is 0 Å². The molecule has 1 heterocycles. The van der Waals surface area contributed by atoms with Crippen LogP contribution in [0.5, 0.6) is 0 Å². The lowest BCUT2D eigenvalue weighted by atomic mass is 10.2. The Balaban J connectivity index is 0.00000392. The Hall–Kier alpha value is -1.39. The van der Waals surface area contributed by atoms with Crippen LogP contribution in [0.1, 0.15) is 31.7 Å². The Labute approximate surface area is 185 Å². The predicted molar refractivity (Wildman–Crippen MR) is 125 cm³/mol. The number of hydrogen-bond donors (Lipinski definition) is 3. The molecule has 158 valence electrons. The van der Waals surface area contributed by atoms with E-state index in [9.17, 15) is 4.79 Å². The molecule has 0 spiro atoms. The molecule has 8 heteroatoms. The summed E-state index contributed by atoms with van der Waals surface area (Å²) in [5.74, 6) is 0.840. The summed E-state index contributed by atoms with van der Waals surface area (Å²) in [5.41, 5.74) is 1.93. The van der Waals surface area contributed by atoms with Gasteiger partial charge in [0.15, 0.2) is 5.96 Å². The first kappa shape index (κ1) is 24.6. The van der Waals surface area contributed by atoms with Gasteiger partial charge in [0, 0.05) is 51.9 Å². The lowest BCUT2D eigenvalue weighted by molar-refractivity contribution is -0.116. The monoisotopic (exact) mass is 503 g/mol. The molecule has 1 aromatic rings. The molecule has 0 radical (unpaired) electrons. The molecule has 1 aromatic carbocycles. The number of nitrogens with one attached hydrogen (secondary N) is 3. The quantitative estimate of drug-likeness (QED) is 0.209. The second-order valence-electron chi connectivity index (χ2n) is 6.66. The molecule has 1 aliphatic rings. The smallest absolute Gasteiger partial charge is 0.225 e. The zero-order valence-corrected chi connectivity index (χ0v) is 19.3. The summed E-state index contributed by atoms with van der Waals surface area (Å²) in [6.45, 7) is 7.83. The predicted octanol–water partition coefficient (Wildman–Crippen LogP) is 2.43. The fourth-order valence-electron chi connectivity index (χ4n) is 2.86. The van der Waals surface area contributed by atoms with Gasteiger partial charge in [0.25, 0.3) is 0 Å². The number of anilines is 1. The van der Waals surface area contributed by atoms with E-state index in [1.807, 2.05) is 24.3 Å². The highest BCUT2D eigenvalue weighted by molar-refractivity contribution is 14.0. The van der Waals surface area contributed by atoms with Crippen LogP contribution in [0.4, 0.5) is 5.69 Å². The van der Waals surface area contributed by atoms with Crippen LogP contribution in [0.3, 0.4) is 0 Å². The van der Waals surface area contributed by atoms with Crippen LogP contribution in [0, 0.1) is 0 Å². The molecule has 0 unspecified atom stereocenters. The summed E-state index contributed by atoms with van der Waals surface area (Å²) in [7, 11) is 1.77. The average Bonchev–Trinajstić information content (AvgIpc) is 2.70. The average molecular weight is 503 g/mol. The van der Waals surface area contributed by atoms with Gasteiger partial charge in [0.1, 0.15) is 0 Å². The van der Waals surface area contributed by atoms with Crippen LogP contribution in [0.2, 0.25) is 0 Å². The normalized spacial score (nSPS) is 14.9. The van der Waals surface area contributed by atoms with Crippen molar-refractivity contribution in [2.75, 3.05) is 51.8 Å². The fraction of sp³-hybridized carbons (Fsp3) is 0.600. The highest BCUT2D eigenvalue weighted by Crippen LogP contribution is 2.11. The summed E-state index contributed by atoms with van der Waals surface area (Å²) in [4.78, 5) is 18.7. The van der Waals surface area contributed by atoms with Crippen molar-refractivity contribution in [2.24, 2.45) is 4.99 Å². The maximum absolute atomic E-state index is 12.2. The maximum Gasteiger partial charge on any atom is 0.225 e. The number of benzene rings is 1. The van der Waals surface area contributed by atoms with Crippen LogP contribution < -0.4 is 16.0 Å². The second-order valence-corrected chi connectivity index (χ2v) is 6.66. The first-order valence-electron chi connectivity index (χ1n) is 9.84. The van der Waals surface area contributed by atoms with Crippen LogP contribution in [0.25, 0.3) is 0 Å².